The lowest BCUT2D eigenvalue weighted by Crippen LogP contribution is -2.72. The molecular formula is C14H17F3N2O3. The highest BCUT2D eigenvalue weighted by molar-refractivity contribution is 5.75. The van der Waals surface area contributed by atoms with E-state index in [1.165, 1.54) is 6.07 Å². The Kier molecular flexibility index (Phi) is 4.50. The SMILES string of the molecule is COC1(C(F)(F)F)CN(C(=O)NCCc2cccc(O)c2)C1. The van der Waals surface area contributed by atoms with Gasteiger partial charge in [-0.2, -0.15) is 13.2 Å². The van der Waals surface area contributed by atoms with Crippen LogP contribution in [0.1, 0.15) is 5.56 Å². The lowest BCUT2D eigenvalue weighted by atomic mass is 9.93. The minimum atomic E-state index is -4.50. The zero-order valence-corrected chi connectivity index (χ0v) is 12.0. The van der Waals surface area contributed by atoms with Crippen molar-refractivity contribution in [1.29, 1.82) is 0 Å². The van der Waals surface area contributed by atoms with Gasteiger partial charge in [0.15, 0.2) is 5.60 Å². The molecule has 8 heteroatoms. The van der Waals surface area contributed by atoms with Crippen molar-refractivity contribution in [1.82, 2.24) is 10.2 Å². The molecule has 5 nitrogen and oxygen atoms in total. The molecule has 0 radical (unpaired) electrons. The molecule has 1 heterocycles. The molecule has 1 aromatic carbocycles. The van der Waals surface area contributed by atoms with Crippen LogP contribution in [-0.2, 0) is 11.2 Å². The van der Waals surface area contributed by atoms with Gasteiger partial charge in [-0.05, 0) is 24.1 Å². The summed E-state index contributed by atoms with van der Waals surface area (Å²) in [6, 6.07) is 6.00. The molecule has 2 N–H and O–H groups in total. The fraction of sp³-hybridized carbons (Fsp3) is 0.500. The standard InChI is InChI=1S/C14H17F3N2O3/c1-22-13(14(15,16)17)8-19(9-13)12(21)18-6-5-10-3-2-4-11(20)7-10/h2-4,7,20H,5-6,8-9H2,1H3,(H,18,21). The number of aromatic hydroxyl groups is 1. The van der Waals surface area contributed by atoms with Gasteiger partial charge in [0, 0.05) is 13.7 Å². The van der Waals surface area contributed by atoms with E-state index < -0.39 is 30.9 Å². The van der Waals surface area contributed by atoms with Crippen molar-refractivity contribution >= 4 is 6.03 Å². The number of hydrogen-bond acceptors (Lipinski definition) is 3. The van der Waals surface area contributed by atoms with Gasteiger partial charge >= 0.3 is 12.2 Å². The van der Waals surface area contributed by atoms with Crippen LogP contribution in [0.4, 0.5) is 18.0 Å². The molecule has 0 aliphatic carbocycles. The van der Waals surface area contributed by atoms with Crippen molar-refractivity contribution < 1.29 is 27.8 Å². The van der Waals surface area contributed by atoms with E-state index in [0.717, 1.165) is 17.6 Å². The van der Waals surface area contributed by atoms with E-state index in [9.17, 15) is 23.1 Å². The van der Waals surface area contributed by atoms with Crippen LogP contribution in [-0.4, -0.2) is 54.6 Å². The number of ether oxygens (including phenoxy) is 1. The van der Waals surface area contributed by atoms with E-state index in [2.05, 4.69) is 10.1 Å². The quantitative estimate of drug-likeness (QED) is 0.891. The number of methoxy groups -OCH3 is 1. The average Bonchev–Trinajstić information content (AvgIpc) is 2.36. The number of carbonyl (C=O) groups is 1. The normalized spacial score (nSPS) is 17.0. The van der Waals surface area contributed by atoms with Crippen LogP contribution < -0.4 is 5.32 Å². The molecule has 0 unspecified atom stereocenters. The maximum Gasteiger partial charge on any atom is 0.420 e. The highest BCUT2D eigenvalue weighted by Crippen LogP contribution is 2.40. The van der Waals surface area contributed by atoms with Crippen molar-refractivity contribution in [3.8, 4) is 5.75 Å². The van der Waals surface area contributed by atoms with Crippen molar-refractivity contribution in [3.63, 3.8) is 0 Å². The number of phenolic OH excluding ortho intramolecular Hbond substituents is 1. The number of alkyl halides is 3. The van der Waals surface area contributed by atoms with E-state index >= 15 is 0 Å². The number of nitrogens with zero attached hydrogens (tertiary/aromatic N) is 1. The van der Waals surface area contributed by atoms with Crippen LogP contribution in [0.5, 0.6) is 5.75 Å². The number of phenols is 1. The van der Waals surface area contributed by atoms with Gasteiger partial charge in [-0.25, -0.2) is 4.79 Å². The maximum absolute atomic E-state index is 12.8. The Morgan fingerprint density at radius 1 is 1.45 bits per heavy atom. The summed E-state index contributed by atoms with van der Waals surface area (Å²) in [6.07, 6.45) is -4.03. The number of carbonyl (C=O) groups excluding carboxylic acids is 1. The second-order valence-electron chi connectivity index (χ2n) is 5.20. The van der Waals surface area contributed by atoms with E-state index in [4.69, 9.17) is 0 Å². The zero-order valence-electron chi connectivity index (χ0n) is 12.0. The molecule has 2 rings (SSSR count). The third-order valence-corrected chi connectivity index (χ3v) is 3.69. The first kappa shape index (κ1) is 16.4. The first-order valence-electron chi connectivity index (χ1n) is 6.70. The summed E-state index contributed by atoms with van der Waals surface area (Å²) in [4.78, 5) is 12.8. The largest absolute Gasteiger partial charge is 0.508 e. The Bertz CT molecular complexity index is 542. The second kappa shape index (κ2) is 6.04. The third kappa shape index (κ3) is 3.27. The highest BCUT2D eigenvalue weighted by atomic mass is 19.4. The van der Waals surface area contributed by atoms with Crippen LogP contribution in [0, 0.1) is 0 Å². The molecule has 2 amide bonds. The number of amides is 2. The van der Waals surface area contributed by atoms with Gasteiger partial charge in [-0.3, -0.25) is 0 Å². The third-order valence-electron chi connectivity index (χ3n) is 3.69. The first-order valence-corrected chi connectivity index (χ1v) is 6.70. The number of hydrogen-bond donors (Lipinski definition) is 2. The smallest absolute Gasteiger partial charge is 0.420 e. The molecule has 0 bridgehead atoms. The predicted molar refractivity (Wildman–Crippen MR) is 72.6 cm³/mol. The lowest BCUT2D eigenvalue weighted by molar-refractivity contribution is -0.303. The summed E-state index contributed by atoms with van der Waals surface area (Å²) in [5.41, 5.74) is -1.43. The van der Waals surface area contributed by atoms with E-state index in [1.807, 2.05) is 0 Å². The molecule has 1 aliphatic heterocycles. The fourth-order valence-electron chi connectivity index (χ4n) is 2.28. The van der Waals surface area contributed by atoms with Gasteiger partial charge in [0.05, 0.1) is 13.1 Å². The Balaban J connectivity index is 1.78. The summed E-state index contributed by atoms with van der Waals surface area (Å²) < 4.78 is 42.9. The molecule has 22 heavy (non-hydrogen) atoms. The molecule has 122 valence electrons. The Hall–Kier alpha value is -1.96. The number of rotatable bonds is 4. The van der Waals surface area contributed by atoms with Gasteiger partial charge in [-0.1, -0.05) is 12.1 Å². The molecule has 0 spiro atoms. The van der Waals surface area contributed by atoms with Crippen molar-refractivity contribution in [2.75, 3.05) is 26.7 Å². The number of likely N-dealkylation sites (tertiary alicyclic amines) is 1. The Labute approximate surface area is 125 Å². The van der Waals surface area contributed by atoms with Crippen LogP contribution >= 0.6 is 0 Å². The monoisotopic (exact) mass is 318 g/mol. The molecule has 1 aromatic rings. The number of halogens is 3. The molecule has 1 fully saturated rings. The van der Waals surface area contributed by atoms with E-state index in [1.54, 1.807) is 18.2 Å². The topological polar surface area (TPSA) is 61.8 Å². The number of urea groups is 1. The summed E-state index contributed by atoms with van der Waals surface area (Å²) >= 11 is 0. The van der Waals surface area contributed by atoms with Crippen molar-refractivity contribution in [3.05, 3.63) is 29.8 Å². The number of nitrogens with one attached hydrogen (secondary N) is 1. The minimum Gasteiger partial charge on any atom is -0.508 e. The van der Waals surface area contributed by atoms with E-state index in [-0.39, 0.29) is 12.3 Å². The van der Waals surface area contributed by atoms with Gasteiger partial charge in [0.25, 0.3) is 0 Å². The maximum atomic E-state index is 12.8. The molecule has 1 aliphatic rings. The van der Waals surface area contributed by atoms with E-state index in [0.29, 0.717) is 6.42 Å². The number of benzene rings is 1. The molecule has 1 saturated heterocycles. The summed E-state index contributed by atoms with van der Waals surface area (Å²) in [5, 5.41) is 11.9. The van der Waals surface area contributed by atoms with Gasteiger partial charge in [-0.15, -0.1) is 0 Å². The summed E-state index contributed by atoms with van der Waals surface area (Å²) in [5.74, 6) is 0.127. The average molecular weight is 318 g/mol. The first-order chi connectivity index (χ1) is 10.3. The molecule has 0 saturated carbocycles. The summed E-state index contributed by atoms with van der Waals surface area (Å²) in [6.45, 7) is -0.749. The summed E-state index contributed by atoms with van der Waals surface area (Å²) in [7, 11) is 0.991. The fourth-order valence-corrected chi connectivity index (χ4v) is 2.28. The van der Waals surface area contributed by atoms with Crippen LogP contribution in [0.2, 0.25) is 0 Å². The lowest BCUT2D eigenvalue weighted by Gasteiger charge is -2.49. The zero-order chi connectivity index (χ0) is 16.4. The molecular weight excluding hydrogens is 301 g/mol. The Morgan fingerprint density at radius 3 is 2.68 bits per heavy atom. The molecule has 0 atom stereocenters. The van der Waals surface area contributed by atoms with Gasteiger partial charge < -0.3 is 20.1 Å². The van der Waals surface area contributed by atoms with Gasteiger partial charge in [0.2, 0.25) is 0 Å². The van der Waals surface area contributed by atoms with Crippen LogP contribution in [0.25, 0.3) is 0 Å². The van der Waals surface area contributed by atoms with Gasteiger partial charge in [0.1, 0.15) is 5.75 Å². The Morgan fingerprint density at radius 2 is 2.14 bits per heavy atom. The van der Waals surface area contributed by atoms with Crippen LogP contribution in [0.15, 0.2) is 24.3 Å². The minimum absolute atomic E-state index is 0.127. The van der Waals surface area contributed by atoms with Crippen LogP contribution in [0.3, 0.4) is 0 Å². The predicted octanol–water partition coefficient (Wildman–Crippen LogP) is 1.91. The molecule has 0 aromatic heterocycles. The van der Waals surface area contributed by atoms with Crippen molar-refractivity contribution in [2.45, 2.75) is 18.2 Å². The second-order valence-corrected chi connectivity index (χ2v) is 5.20. The highest BCUT2D eigenvalue weighted by Gasteiger charge is 2.63. The van der Waals surface area contributed by atoms with Crippen molar-refractivity contribution in [2.24, 2.45) is 0 Å².